The van der Waals surface area contributed by atoms with Gasteiger partial charge in [0.2, 0.25) is 0 Å². The molecule has 0 heterocycles. The number of carbonyl (C=O) groups excluding carboxylic acids is 1. The Bertz CT molecular complexity index is 478. The number of amides is 1. The Morgan fingerprint density at radius 2 is 2.00 bits per heavy atom. The fraction of sp³-hybridized carbons (Fsp3) is 0.500. The van der Waals surface area contributed by atoms with Gasteiger partial charge in [0.05, 0.1) is 13.1 Å². The highest BCUT2D eigenvalue weighted by molar-refractivity contribution is 5.78. The van der Waals surface area contributed by atoms with Crippen molar-refractivity contribution in [2.45, 2.75) is 32.9 Å². The molecule has 4 nitrogen and oxygen atoms in total. The van der Waals surface area contributed by atoms with Crippen LogP contribution in [0.3, 0.4) is 0 Å². The summed E-state index contributed by atoms with van der Waals surface area (Å²) in [4.78, 5) is 13.1. The van der Waals surface area contributed by atoms with E-state index >= 15 is 0 Å². The molecule has 0 aliphatic carbocycles. The number of hydrogen-bond donors (Lipinski definition) is 2. The monoisotopic (exact) mass is 274 g/mol. The van der Waals surface area contributed by atoms with Crippen molar-refractivity contribution in [2.24, 2.45) is 5.92 Å². The number of quaternary nitrogens is 1. The molecule has 2 atom stereocenters. The van der Waals surface area contributed by atoms with Crippen LogP contribution in [0.25, 0.3) is 0 Å². The number of rotatable bonds is 6. The third-order valence-corrected chi connectivity index (χ3v) is 3.60. The van der Waals surface area contributed by atoms with Crippen LogP contribution in [-0.2, 0) is 11.3 Å². The number of nitriles is 1. The van der Waals surface area contributed by atoms with Gasteiger partial charge in [0, 0.05) is 5.56 Å². The second kappa shape index (κ2) is 7.06. The van der Waals surface area contributed by atoms with Crippen LogP contribution in [-0.4, -0.2) is 25.0 Å². The van der Waals surface area contributed by atoms with Crippen LogP contribution in [0.1, 0.15) is 26.3 Å². The molecule has 0 aliphatic rings. The fourth-order valence-electron chi connectivity index (χ4n) is 1.92. The predicted octanol–water partition coefficient (Wildman–Crippen LogP) is 0.756. The van der Waals surface area contributed by atoms with Crippen molar-refractivity contribution in [1.29, 1.82) is 5.26 Å². The van der Waals surface area contributed by atoms with Gasteiger partial charge in [-0.15, -0.1) is 0 Å². The molecule has 1 rings (SSSR count). The van der Waals surface area contributed by atoms with Gasteiger partial charge in [-0.2, -0.15) is 5.26 Å². The van der Waals surface area contributed by atoms with Crippen LogP contribution in [0.15, 0.2) is 30.3 Å². The molecule has 1 unspecified atom stereocenters. The number of nitrogens with zero attached hydrogens (tertiary/aromatic N) is 1. The third-order valence-electron chi connectivity index (χ3n) is 3.60. The van der Waals surface area contributed by atoms with E-state index in [4.69, 9.17) is 0 Å². The maximum Gasteiger partial charge on any atom is 0.276 e. The summed E-state index contributed by atoms with van der Waals surface area (Å²) in [5.74, 6) is -0.0120. The van der Waals surface area contributed by atoms with Crippen LogP contribution >= 0.6 is 0 Å². The molecular formula is C16H24N3O+. The summed E-state index contributed by atoms with van der Waals surface area (Å²) in [6, 6.07) is 12.3. The van der Waals surface area contributed by atoms with Gasteiger partial charge in [0.15, 0.2) is 6.54 Å². The van der Waals surface area contributed by atoms with Crippen molar-refractivity contribution in [3.05, 3.63) is 35.9 Å². The molecule has 2 N–H and O–H groups in total. The first-order valence-corrected chi connectivity index (χ1v) is 6.95. The Balaban J connectivity index is 2.52. The molecular weight excluding hydrogens is 250 g/mol. The summed E-state index contributed by atoms with van der Waals surface area (Å²) in [6.45, 7) is 6.79. The van der Waals surface area contributed by atoms with Gasteiger partial charge in [-0.3, -0.25) is 4.79 Å². The predicted molar refractivity (Wildman–Crippen MR) is 78.9 cm³/mol. The normalized spacial score (nSPS) is 15.2. The highest BCUT2D eigenvalue weighted by Crippen LogP contribution is 2.14. The van der Waals surface area contributed by atoms with Gasteiger partial charge in [-0.05, 0) is 12.8 Å². The fourth-order valence-corrected chi connectivity index (χ4v) is 1.92. The van der Waals surface area contributed by atoms with Gasteiger partial charge in [0.1, 0.15) is 12.1 Å². The third kappa shape index (κ3) is 4.67. The minimum atomic E-state index is -0.801. The van der Waals surface area contributed by atoms with E-state index in [0.29, 0.717) is 6.54 Å². The summed E-state index contributed by atoms with van der Waals surface area (Å²) < 4.78 is 0. The Kier molecular flexibility index (Phi) is 5.72. The van der Waals surface area contributed by atoms with Crippen molar-refractivity contribution >= 4 is 5.91 Å². The SMILES string of the molecule is CC(C)[C@@](C)(C#N)NC(=O)C[NH+](C)Cc1ccccc1. The quantitative estimate of drug-likeness (QED) is 0.804. The van der Waals surface area contributed by atoms with Crippen LogP contribution in [0, 0.1) is 17.2 Å². The molecule has 1 aromatic rings. The lowest BCUT2D eigenvalue weighted by Gasteiger charge is -2.27. The average Bonchev–Trinajstić information content (AvgIpc) is 2.39. The van der Waals surface area contributed by atoms with E-state index < -0.39 is 5.54 Å². The zero-order valence-corrected chi connectivity index (χ0v) is 12.7. The lowest BCUT2D eigenvalue weighted by molar-refractivity contribution is -0.885. The van der Waals surface area contributed by atoms with E-state index in [9.17, 15) is 10.1 Å². The largest absolute Gasteiger partial charge is 0.333 e. The van der Waals surface area contributed by atoms with E-state index in [1.807, 2.05) is 39.1 Å². The molecule has 0 aliphatic heterocycles. The Labute approximate surface area is 121 Å². The van der Waals surface area contributed by atoms with E-state index in [1.165, 1.54) is 5.56 Å². The minimum Gasteiger partial charge on any atom is -0.333 e. The van der Waals surface area contributed by atoms with Crippen LogP contribution < -0.4 is 10.2 Å². The lowest BCUT2D eigenvalue weighted by atomic mass is 9.90. The highest BCUT2D eigenvalue weighted by Gasteiger charge is 2.30. The zero-order chi connectivity index (χ0) is 15.2. The average molecular weight is 274 g/mol. The molecule has 0 fully saturated rings. The zero-order valence-electron chi connectivity index (χ0n) is 12.7. The standard InChI is InChI=1S/C16H23N3O/c1-13(2)16(3,12-17)18-15(20)11-19(4)10-14-8-6-5-7-9-14/h5-9,13H,10-11H2,1-4H3,(H,18,20)/p+1/t16-/m1/s1. The molecule has 0 spiro atoms. The highest BCUT2D eigenvalue weighted by atomic mass is 16.2. The van der Waals surface area contributed by atoms with Crippen LogP contribution in [0.2, 0.25) is 0 Å². The summed E-state index contributed by atoms with van der Waals surface area (Å²) in [5, 5.41) is 12.0. The molecule has 20 heavy (non-hydrogen) atoms. The first-order valence-electron chi connectivity index (χ1n) is 6.95. The number of hydrogen-bond acceptors (Lipinski definition) is 2. The van der Waals surface area contributed by atoms with Gasteiger partial charge in [-0.1, -0.05) is 44.2 Å². The smallest absolute Gasteiger partial charge is 0.276 e. The Morgan fingerprint density at radius 3 is 2.50 bits per heavy atom. The van der Waals surface area contributed by atoms with Crippen molar-refractivity contribution < 1.29 is 9.69 Å². The van der Waals surface area contributed by atoms with Crippen LogP contribution in [0.4, 0.5) is 0 Å². The minimum absolute atomic E-state index is 0.0749. The molecule has 0 radical (unpaired) electrons. The molecule has 108 valence electrons. The number of nitrogens with one attached hydrogen (secondary N) is 2. The van der Waals surface area contributed by atoms with E-state index in [-0.39, 0.29) is 11.8 Å². The first kappa shape index (κ1) is 16.2. The number of carbonyl (C=O) groups is 1. The second-order valence-electron chi connectivity index (χ2n) is 5.81. The van der Waals surface area contributed by atoms with E-state index in [2.05, 4.69) is 23.5 Å². The molecule has 0 aromatic heterocycles. The van der Waals surface area contributed by atoms with Gasteiger partial charge in [0.25, 0.3) is 5.91 Å². The maximum absolute atomic E-state index is 12.0. The molecule has 0 saturated heterocycles. The maximum atomic E-state index is 12.0. The van der Waals surface area contributed by atoms with E-state index in [1.54, 1.807) is 6.92 Å². The van der Waals surface area contributed by atoms with Gasteiger partial charge >= 0.3 is 0 Å². The molecule has 0 saturated carbocycles. The summed E-state index contributed by atoms with van der Waals surface area (Å²) in [7, 11) is 1.98. The Hall–Kier alpha value is -1.86. The molecule has 0 bridgehead atoms. The van der Waals surface area contributed by atoms with Gasteiger partial charge in [-0.25, -0.2) is 0 Å². The summed E-state index contributed by atoms with van der Waals surface area (Å²) in [6.07, 6.45) is 0. The van der Waals surface area contributed by atoms with Crippen molar-refractivity contribution in [3.63, 3.8) is 0 Å². The van der Waals surface area contributed by atoms with Crippen LogP contribution in [0.5, 0.6) is 0 Å². The van der Waals surface area contributed by atoms with Gasteiger partial charge < -0.3 is 10.2 Å². The number of likely N-dealkylation sites (N-methyl/N-ethyl adjacent to an activating group) is 1. The molecule has 4 heteroatoms. The Morgan fingerprint density at radius 1 is 1.40 bits per heavy atom. The first-order chi connectivity index (χ1) is 9.37. The van der Waals surface area contributed by atoms with Crippen molar-refractivity contribution in [2.75, 3.05) is 13.6 Å². The molecule has 1 amide bonds. The van der Waals surface area contributed by atoms with E-state index in [0.717, 1.165) is 11.4 Å². The summed E-state index contributed by atoms with van der Waals surface area (Å²) >= 11 is 0. The topological polar surface area (TPSA) is 57.3 Å². The van der Waals surface area contributed by atoms with Crippen molar-refractivity contribution in [3.8, 4) is 6.07 Å². The van der Waals surface area contributed by atoms with Crippen molar-refractivity contribution in [1.82, 2.24) is 5.32 Å². The number of benzene rings is 1. The summed E-state index contributed by atoms with van der Waals surface area (Å²) in [5.41, 5.74) is 0.397. The second-order valence-corrected chi connectivity index (χ2v) is 5.81. The molecule has 1 aromatic carbocycles. The lowest BCUT2D eigenvalue weighted by Crippen LogP contribution is -3.09.